The van der Waals surface area contributed by atoms with E-state index < -0.39 is 0 Å². The van der Waals surface area contributed by atoms with Crippen LogP contribution in [0.1, 0.15) is 21.6 Å². The number of aromatic nitrogens is 2. The van der Waals surface area contributed by atoms with Crippen LogP contribution in [0.2, 0.25) is 0 Å². The van der Waals surface area contributed by atoms with Crippen LogP contribution in [0.3, 0.4) is 0 Å². The maximum atomic E-state index is 13.5. The van der Waals surface area contributed by atoms with Gasteiger partial charge in [0, 0.05) is 24.3 Å². The average Bonchev–Trinajstić information content (AvgIpc) is 3.19. The van der Waals surface area contributed by atoms with Crippen molar-refractivity contribution in [2.24, 2.45) is 0 Å². The van der Waals surface area contributed by atoms with Gasteiger partial charge in [-0.2, -0.15) is 0 Å². The molecule has 0 amide bonds. The molecule has 0 saturated heterocycles. The largest absolute Gasteiger partial charge is 0.326 e. The Morgan fingerprint density at radius 2 is 1.81 bits per heavy atom. The zero-order valence-electron chi connectivity index (χ0n) is 17.9. The first-order chi connectivity index (χ1) is 15.7. The van der Waals surface area contributed by atoms with E-state index in [1.165, 1.54) is 21.6 Å². The summed E-state index contributed by atoms with van der Waals surface area (Å²) in [4.78, 5) is 22.2. The third kappa shape index (κ3) is 4.31. The summed E-state index contributed by atoms with van der Waals surface area (Å²) < 4.78 is 1.79. The van der Waals surface area contributed by atoms with Gasteiger partial charge in [0.15, 0.2) is 5.16 Å². The molecule has 1 aliphatic heterocycles. The quantitative estimate of drug-likeness (QED) is 0.257. The van der Waals surface area contributed by atoms with Gasteiger partial charge in [0.1, 0.15) is 17.9 Å². The average molecular weight is 461 g/mol. The molecule has 0 fully saturated rings. The van der Waals surface area contributed by atoms with Crippen LogP contribution in [-0.2, 0) is 31.8 Å². The van der Waals surface area contributed by atoms with Gasteiger partial charge in [-0.15, -0.1) is 17.9 Å². The molecule has 1 atom stereocenters. The van der Waals surface area contributed by atoms with Crippen LogP contribution in [0.5, 0.6) is 0 Å². The summed E-state index contributed by atoms with van der Waals surface area (Å²) in [6.45, 7) is 7.36. The SMILES string of the molecule is C=CCn1c(SCc2ccccc2)nc2sc3c(c2c1=O)CC[NH+](Cc1ccccc1)C3. The van der Waals surface area contributed by atoms with E-state index in [0.29, 0.717) is 6.54 Å². The molecule has 2 aromatic heterocycles. The Hall–Kier alpha value is -2.67. The number of nitrogens with one attached hydrogen (secondary N) is 1. The second-order valence-electron chi connectivity index (χ2n) is 8.15. The van der Waals surface area contributed by atoms with E-state index in [4.69, 9.17) is 4.98 Å². The van der Waals surface area contributed by atoms with Crippen LogP contribution in [0.4, 0.5) is 0 Å². The first-order valence-corrected chi connectivity index (χ1v) is 12.7. The number of nitrogens with zero attached hydrogens (tertiary/aromatic N) is 2. The van der Waals surface area contributed by atoms with E-state index in [1.807, 2.05) is 18.2 Å². The molecule has 0 spiro atoms. The second-order valence-corrected chi connectivity index (χ2v) is 10.2. The molecule has 3 heterocycles. The van der Waals surface area contributed by atoms with E-state index in [2.05, 4.69) is 49.0 Å². The number of hydrogen-bond donors (Lipinski definition) is 1. The first-order valence-electron chi connectivity index (χ1n) is 10.9. The molecule has 0 saturated carbocycles. The fourth-order valence-electron chi connectivity index (χ4n) is 4.35. The highest BCUT2D eigenvalue weighted by atomic mass is 32.2. The van der Waals surface area contributed by atoms with Crippen LogP contribution in [0, 0.1) is 0 Å². The lowest BCUT2D eigenvalue weighted by Crippen LogP contribution is -3.10. The predicted octanol–water partition coefficient (Wildman–Crippen LogP) is 4.08. The summed E-state index contributed by atoms with van der Waals surface area (Å²) in [5, 5.41) is 1.60. The van der Waals surface area contributed by atoms with Crippen molar-refractivity contribution >= 4 is 33.3 Å². The minimum absolute atomic E-state index is 0.0782. The van der Waals surface area contributed by atoms with Crippen molar-refractivity contribution in [3.05, 3.63) is 105 Å². The van der Waals surface area contributed by atoms with E-state index in [0.717, 1.165) is 47.2 Å². The Kier molecular flexibility index (Phi) is 6.26. The maximum Gasteiger partial charge on any atom is 0.263 e. The molecular weight excluding hydrogens is 434 g/mol. The predicted molar refractivity (Wildman–Crippen MR) is 133 cm³/mol. The van der Waals surface area contributed by atoms with E-state index in [9.17, 15) is 4.79 Å². The van der Waals surface area contributed by atoms with Gasteiger partial charge >= 0.3 is 0 Å². The number of hydrogen-bond acceptors (Lipinski definition) is 4. The Bertz CT molecular complexity index is 1300. The van der Waals surface area contributed by atoms with Gasteiger partial charge < -0.3 is 4.90 Å². The van der Waals surface area contributed by atoms with Gasteiger partial charge in [0.2, 0.25) is 0 Å². The van der Waals surface area contributed by atoms with Crippen LogP contribution in [-0.4, -0.2) is 16.1 Å². The molecular formula is C26H26N3OS2+. The highest BCUT2D eigenvalue weighted by molar-refractivity contribution is 7.98. The topological polar surface area (TPSA) is 39.3 Å². The van der Waals surface area contributed by atoms with Crippen molar-refractivity contribution in [3.63, 3.8) is 0 Å². The van der Waals surface area contributed by atoms with E-state index in [1.54, 1.807) is 38.6 Å². The lowest BCUT2D eigenvalue weighted by Gasteiger charge is -2.24. The monoisotopic (exact) mass is 460 g/mol. The number of fused-ring (bicyclic) bond motifs is 3. The maximum absolute atomic E-state index is 13.5. The van der Waals surface area contributed by atoms with Crippen molar-refractivity contribution in [2.45, 2.75) is 37.0 Å². The minimum atomic E-state index is 0.0782. The zero-order chi connectivity index (χ0) is 21.9. The summed E-state index contributed by atoms with van der Waals surface area (Å²) >= 11 is 3.33. The minimum Gasteiger partial charge on any atom is -0.326 e. The number of quaternary nitrogens is 1. The Labute approximate surface area is 196 Å². The third-order valence-electron chi connectivity index (χ3n) is 5.92. The molecule has 1 N–H and O–H groups in total. The smallest absolute Gasteiger partial charge is 0.263 e. The molecule has 4 aromatic rings. The first kappa shape index (κ1) is 21.2. The Morgan fingerprint density at radius 1 is 1.09 bits per heavy atom. The lowest BCUT2D eigenvalue weighted by molar-refractivity contribution is -0.929. The van der Waals surface area contributed by atoms with Crippen molar-refractivity contribution < 1.29 is 4.90 Å². The standard InChI is InChI=1S/C26H25N3OS2/c1-2-14-29-25(30)23-21-13-15-28(16-19-9-5-3-6-10-19)17-22(21)32-24(23)27-26(29)31-18-20-11-7-4-8-12-20/h2-12H,1,13-18H2/p+1. The molecule has 0 aliphatic carbocycles. The van der Waals surface area contributed by atoms with Gasteiger partial charge in [-0.3, -0.25) is 9.36 Å². The molecule has 162 valence electrons. The Balaban J connectivity index is 1.46. The summed E-state index contributed by atoms with van der Waals surface area (Å²) in [5.74, 6) is 0.788. The van der Waals surface area contributed by atoms with Crippen molar-refractivity contribution in [2.75, 3.05) is 6.54 Å². The van der Waals surface area contributed by atoms with Gasteiger partial charge in [-0.1, -0.05) is 78.5 Å². The summed E-state index contributed by atoms with van der Waals surface area (Å²) in [7, 11) is 0. The Morgan fingerprint density at radius 3 is 2.53 bits per heavy atom. The van der Waals surface area contributed by atoms with Crippen LogP contribution >= 0.6 is 23.1 Å². The molecule has 2 aromatic carbocycles. The number of allylic oxidation sites excluding steroid dienone is 1. The molecule has 1 unspecified atom stereocenters. The summed E-state index contributed by atoms with van der Waals surface area (Å²) in [6.07, 6.45) is 2.71. The molecule has 6 heteroatoms. The molecule has 32 heavy (non-hydrogen) atoms. The molecule has 1 aliphatic rings. The van der Waals surface area contributed by atoms with Gasteiger partial charge in [0.25, 0.3) is 5.56 Å². The fraction of sp³-hybridized carbons (Fsp3) is 0.231. The van der Waals surface area contributed by atoms with Gasteiger partial charge in [-0.25, -0.2) is 4.98 Å². The lowest BCUT2D eigenvalue weighted by atomic mass is 10.0. The van der Waals surface area contributed by atoms with E-state index in [-0.39, 0.29) is 5.56 Å². The molecule has 0 bridgehead atoms. The van der Waals surface area contributed by atoms with Gasteiger partial charge in [0.05, 0.1) is 16.8 Å². The molecule has 0 radical (unpaired) electrons. The zero-order valence-corrected chi connectivity index (χ0v) is 19.6. The summed E-state index contributed by atoms with van der Waals surface area (Å²) in [5.41, 5.74) is 3.88. The number of rotatable bonds is 7. The number of thiophene rings is 1. The van der Waals surface area contributed by atoms with Crippen LogP contribution < -0.4 is 10.5 Å². The van der Waals surface area contributed by atoms with Crippen molar-refractivity contribution in [1.29, 1.82) is 0 Å². The van der Waals surface area contributed by atoms with E-state index >= 15 is 0 Å². The highest BCUT2D eigenvalue weighted by Crippen LogP contribution is 2.31. The van der Waals surface area contributed by atoms with Crippen molar-refractivity contribution in [1.82, 2.24) is 9.55 Å². The van der Waals surface area contributed by atoms with Crippen molar-refractivity contribution in [3.8, 4) is 0 Å². The highest BCUT2D eigenvalue weighted by Gasteiger charge is 2.27. The fourth-order valence-corrected chi connectivity index (χ4v) is 6.65. The number of thioether (sulfide) groups is 1. The molecule has 5 rings (SSSR count). The molecule has 4 nitrogen and oxygen atoms in total. The second kappa shape index (κ2) is 9.45. The number of benzene rings is 2. The van der Waals surface area contributed by atoms with Gasteiger partial charge in [-0.05, 0) is 11.1 Å². The third-order valence-corrected chi connectivity index (χ3v) is 8.09. The van der Waals surface area contributed by atoms with Crippen LogP contribution in [0.15, 0.2) is 83.3 Å². The summed E-state index contributed by atoms with van der Waals surface area (Å²) in [6, 6.07) is 21.0. The normalized spacial score (nSPS) is 15.6. The van der Waals surface area contributed by atoms with Crippen LogP contribution in [0.25, 0.3) is 10.2 Å².